The van der Waals surface area contributed by atoms with E-state index in [4.69, 9.17) is 0 Å². The fraction of sp³-hybridized carbons (Fsp3) is 0. The highest BCUT2D eigenvalue weighted by Crippen LogP contribution is 2.26. The predicted molar refractivity (Wildman–Crippen MR) is 68.7 cm³/mol. The third kappa shape index (κ3) is 1.77. The molecule has 0 bridgehead atoms. The molecule has 16 heavy (non-hydrogen) atoms. The van der Waals surface area contributed by atoms with Gasteiger partial charge in [-0.3, -0.25) is 4.98 Å². The number of aromatic nitrogens is 2. The maximum absolute atomic E-state index is 4.62. The van der Waals surface area contributed by atoms with E-state index >= 15 is 0 Å². The molecule has 3 aromatic heterocycles. The van der Waals surface area contributed by atoms with Crippen LogP contribution in [0.15, 0.2) is 47.4 Å². The molecular formula is C12H8N2S2. The van der Waals surface area contributed by atoms with Crippen molar-refractivity contribution < 1.29 is 0 Å². The highest BCUT2D eigenvalue weighted by molar-refractivity contribution is 7.13. The van der Waals surface area contributed by atoms with Crippen molar-refractivity contribution in [3.63, 3.8) is 0 Å². The summed E-state index contributed by atoms with van der Waals surface area (Å²) in [6.45, 7) is 0. The molecule has 0 amide bonds. The van der Waals surface area contributed by atoms with E-state index < -0.39 is 0 Å². The Morgan fingerprint density at radius 1 is 0.812 bits per heavy atom. The second-order valence-corrected chi connectivity index (χ2v) is 5.14. The van der Waals surface area contributed by atoms with E-state index in [1.54, 1.807) is 22.7 Å². The molecule has 0 aliphatic carbocycles. The second kappa shape index (κ2) is 4.15. The van der Waals surface area contributed by atoms with Crippen LogP contribution < -0.4 is 0 Å². The van der Waals surface area contributed by atoms with Crippen molar-refractivity contribution >= 4 is 22.7 Å². The molecule has 0 spiro atoms. The summed E-state index contributed by atoms with van der Waals surface area (Å²) in [4.78, 5) is 11.2. The third-order valence-electron chi connectivity index (χ3n) is 2.18. The SMILES string of the molecule is c1csc(-c2cncc(-c3cccs3)n2)c1. The van der Waals surface area contributed by atoms with E-state index in [9.17, 15) is 0 Å². The molecule has 4 heteroatoms. The minimum Gasteiger partial charge on any atom is -0.260 e. The van der Waals surface area contributed by atoms with Crippen molar-refractivity contribution in [2.45, 2.75) is 0 Å². The van der Waals surface area contributed by atoms with Gasteiger partial charge in [0, 0.05) is 0 Å². The smallest absolute Gasteiger partial charge is 0.0992 e. The van der Waals surface area contributed by atoms with Gasteiger partial charge in [-0.2, -0.15) is 0 Å². The molecule has 0 saturated heterocycles. The maximum Gasteiger partial charge on any atom is 0.0992 e. The van der Waals surface area contributed by atoms with Gasteiger partial charge in [-0.15, -0.1) is 22.7 Å². The van der Waals surface area contributed by atoms with Gasteiger partial charge in [-0.05, 0) is 22.9 Å². The minimum atomic E-state index is 0.945. The lowest BCUT2D eigenvalue weighted by Gasteiger charge is -1.99. The van der Waals surface area contributed by atoms with Crippen LogP contribution in [0.3, 0.4) is 0 Å². The molecule has 0 aliphatic rings. The third-order valence-corrected chi connectivity index (χ3v) is 3.97. The second-order valence-electron chi connectivity index (χ2n) is 3.24. The predicted octanol–water partition coefficient (Wildman–Crippen LogP) is 3.93. The van der Waals surface area contributed by atoms with E-state index in [-0.39, 0.29) is 0 Å². The molecule has 0 aliphatic heterocycles. The summed E-state index contributed by atoms with van der Waals surface area (Å²) < 4.78 is 0. The molecule has 0 fully saturated rings. The Morgan fingerprint density at radius 3 is 1.81 bits per heavy atom. The number of hydrogen-bond acceptors (Lipinski definition) is 4. The van der Waals surface area contributed by atoms with Gasteiger partial charge in [0.1, 0.15) is 0 Å². The molecule has 3 rings (SSSR count). The van der Waals surface area contributed by atoms with Crippen molar-refractivity contribution in [1.82, 2.24) is 9.97 Å². The molecule has 0 atom stereocenters. The molecule has 0 saturated carbocycles. The Morgan fingerprint density at radius 2 is 1.38 bits per heavy atom. The van der Waals surface area contributed by atoms with Gasteiger partial charge in [-0.25, -0.2) is 4.98 Å². The fourth-order valence-corrected chi connectivity index (χ4v) is 2.81. The van der Waals surface area contributed by atoms with E-state index in [1.165, 1.54) is 0 Å². The Kier molecular flexibility index (Phi) is 2.52. The van der Waals surface area contributed by atoms with Gasteiger partial charge in [0.25, 0.3) is 0 Å². The van der Waals surface area contributed by atoms with Gasteiger partial charge >= 0.3 is 0 Å². The molecule has 3 heterocycles. The van der Waals surface area contributed by atoms with Gasteiger partial charge in [0.05, 0.1) is 33.5 Å². The average Bonchev–Trinajstić information content (AvgIpc) is 3.03. The fourth-order valence-electron chi connectivity index (χ4n) is 1.45. The van der Waals surface area contributed by atoms with Crippen LogP contribution >= 0.6 is 22.7 Å². The number of thiophene rings is 2. The van der Waals surface area contributed by atoms with Crippen LogP contribution in [0.5, 0.6) is 0 Å². The summed E-state index contributed by atoms with van der Waals surface area (Å²) in [5.41, 5.74) is 1.89. The molecule has 0 unspecified atom stereocenters. The van der Waals surface area contributed by atoms with Crippen LogP contribution in [-0.4, -0.2) is 9.97 Å². The van der Waals surface area contributed by atoms with Crippen molar-refractivity contribution in [2.24, 2.45) is 0 Å². The van der Waals surface area contributed by atoms with Crippen LogP contribution in [-0.2, 0) is 0 Å². The maximum atomic E-state index is 4.62. The molecule has 78 valence electrons. The summed E-state index contributed by atoms with van der Waals surface area (Å²) >= 11 is 3.37. The summed E-state index contributed by atoms with van der Waals surface area (Å²) in [5, 5.41) is 4.10. The molecule has 3 aromatic rings. The highest BCUT2D eigenvalue weighted by Gasteiger charge is 2.05. The first-order chi connectivity index (χ1) is 7.93. The van der Waals surface area contributed by atoms with Gasteiger partial charge < -0.3 is 0 Å². The lowest BCUT2D eigenvalue weighted by Crippen LogP contribution is -1.86. The minimum absolute atomic E-state index is 0.945. The topological polar surface area (TPSA) is 25.8 Å². The van der Waals surface area contributed by atoms with Gasteiger partial charge in [0.2, 0.25) is 0 Å². The Balaban J connectivity index is 2.07. The normalized spacial score (nSPS) is 10.5. The lowest BCUT2D eigenvalue weighted by molar-refractivity contribution is 1.22. The highest BCUT2D eigenvalue weighted by atomic mass is 32.1. The first kappa shape index (κ1) is 9.69. The van der Waals surface area contributed by atoms with E-state index in [0.717, 1.165) is 21.1 Å². The quantitative estimate of drug-likeness (QED) is 0.682. The van der Waals surface area contributed by atoms with E-state index in [0.29, 0.717) is 0 Å². The Labute approximate surface area is 101 Å². The average molecular weight is 244 g/mol. The first-order valence-electron chi connectivity index (χ1n) is 4.83. The van der Waals surface area contributed by atoms with Crippen molar-refractivity contribution in [2.75, 3.05) is 0 Å². The molecule has 0 radical (unpaired) electrons. The molecule has 0 aromatic carbocycles. The molecule has 2 nitrogen and oxygen atoms in total. The monoisotopic (exact) mass is 244 g/mol. The summed E-state index contributed by atoms with van der Waals surface area (Å²) in [6.07, 6.45) is 3.62. The molecular weight excluding hydrogens is 236 g/mol. The molecule has 0 N–H and O–H groups in total. The Hall–Kier alpha value is -1.52. The van der Waals surface area contributed by atoms with E-state index in [2.05, 4.69) is 32.9 Å². The standard InChI is InChI=1S/C12H8N2S2/c1-3-11(15-5-1)9-7-13-8-10(14-9)12-4-2-6-16-12/h1-8H. The van der Waals surface area contributed by atoms with Crippen molar-refractivity contribution in [3.8, 4) is 21.1 Å². The largest absolute Gasteiger partial charge is 0.260 e. The van der Waals surface area contributed by atoms with E-state index in [1.807, 2.05) is 24.5 Å². The number of nitrogens with zero attached hydrogens (tertiary/aromatic N) is 2. The van der Waals surface area contributed by atoms with Crippen LogP contribution in [0.2, 0.25) is 0 Å². The van der Waals surface area contributed by atoms with Gasteiger partial charge in [0.15, 0.2) is 0 Å². The van der Waals surface area contributed by atoms with Crippen molar-refractivity contribution in [3.05, 3.63) is 47.4 Å². The first-order valence-corrected chi connectivity index (χ1v) is 6.59. The van der Waals surface area contributed by atoms with Gasteiger partial charge in [-0.1, -0.05) is 12.1 Å². The van der Waals surface area contributed by atoms with Crippen LogP contribution in [0, 0.1) is 0 Å². The van der Waals surface area contributed by atoms with Crippen molar-refractivity contribution in [1.29, 1.82) is 0 Å². The zero-order chi connectivity index (χ0) is 10.8. The van der Waals surface area contributed by atoms with Crippen LogP contribution in [0.4, 0.5) is 0 Å². The van der Waals surface area contributed by atoms with Crippen LogP contribution in [0.1, 0.15) is 0 Å². The number of rotatable bonds is 2. The summed E-state index contributed by atoms with van der Waals surface area (Å²) in [6, 6.07) is 8.18. The van der Waals surface area contributed by atoms with Crippen LogP contribution in [0.25, 0.3) is 21.1 Å². The summed E-state index contributed by atoms with van der Waals surface area (Å²) in [7, 11) is 0. The number of hydrogen-bond donors (Lipinski definition) is 0. The Bertz CT molecular complexity index is 521. The lowest BCUT2D eigenvalue weighted by atomic mass is 10.3. The zero-order valence-electron chi connectivity index (χ0n) is 8.33. The summed E-state index contributed by atoms with van der Waals surface area (Å²) in [5.74, 6) is 0. The zero-order valence-corrected chi connectivity index (χ0v) is 9.96.